The lowest BCUT2D eigenvalue weighted by Crippen LogP contribution is -2.31. The van der Waals surface area contributed by atoms with Gasteiger partial charge in [0.25, 0.3) is 0 Å². The molecule has 1 atom stereocenters. The predicted octanol–water partition coefficient (Wildman–Crippen LogP) is 4.29. The van der Waals surface area contributed by atoms with Crippen LogP contribution in [0.1, 0.15) is 44.2 Å². The molecule has 0 aromatic heterocycles. The third kappa shape index (κ3) is 2.23. The lowest BCUT2D eigenvalue weighted by molar-refractivity contribution is 0.350. The number of hydrogen-bond acceptors (Lipinski definition) is 1. The quantitative estimate of drug-likeness (QED) is 0.779. The van der Waals surface area contributed by atoms with E-state index in [0.29, 0.717) is 11.5 Å². The van der Waals surface area contributed by atoms with E-state index >= 15 is 0 Å². The first kappa shape index (κ1) is 11.5. The molecule has 1 aromatic carbocycles. The molecule has 0 spiro atoms. The molecule has 0 bridgehead atoms. The summed E-state index contributed by atoms with van der Waals surface area (Å²) in [5.74, 6) is 0. The molecule has 1 fully saturated rings. The fourth-order valence-electron chi connectivity index (χ4n) is 2.67. The van der Waals surface area contributed by atoms with Gasteiger partial charge in [0, 0.05) is 11.7 Å². The van der Waals surface area contributed by atoms with Crippen LogP contribution in [0, 0.1) is 19.3 Å². The van der Waals surface area contributed by atoms with E-state index in [4.69, 9.17) is 0 Å². The molecule has 2 rings (SSSR count). The molecule has 0 radical (unpaired) electrons. The minimum atomic E-state index is 0.441. The first-order valence-electron chi connectivity index (χ1n) is 6.33. The summed E-state index contributed by atoms with van der Waals surface area (Å²) >= 11 is 0. The molecular formula is C15H23N. The van der Waals surface area contributed by atoms with E-state index in [1.54, 1.807) is 0 Å². The van der Waals surface area contributed by atoms with Gasteiger partial charge in [0.15, 0.2) is 0 Å². The maximum absolute atomic E-state index is 3.74. The molecule has 1 aliphatic carbocycles. The van der Waals surface area contributed by atoms with Crippen molar-refractivity contribution < 1.29 is 0 Å². The third-order valence-electron chi connectivity index (χ3n) is 3.98. The van der Waals surface area contributed by atoms with Crippen LogP contribution in [0.4, 0.5) is 5.69 Å². The Bertz CT molecular complexity index is 379. The Morgan fingerprint density at radius 2 is 2.00 bits per heavy atom. The average Bonchev–Trinajstić information content (AvgIpc) is 2.52. The van der Waals surface area contributed by atoms with Gasteiger partial charge in [0.2, 0.25) is 0 Å². The lowest BCUT2D eigenvalue weighted by atomic mass is 9.87. The van der Waals surface area contributed by atoms with Crippen molar-refractivity contribution in [2.75, 3.05) is 5.32 Å². The average molecular weight is 217 g/mol. The van der Waals surface area contributed by atoms with Crippen LogP contribution in [-0.2, 0) is 0 Å². The number of anilines is 1. The van der Waals surface area contributed by atoms with Crippen LogP contribution in [0.3, 0.4) is 0 Å². The van der Waals surface area contributed by atoms with Crippen molar-refractivity contribution in [3.63, 3.8) is 0 Å². The third-order valence-corrected chi connectivity index (χ3v) is 3.98. The van der Waals surface area contributed by atoms with Gasteiger partial charge in [0.1, 0.15) is 0 Å². The molecule has 0 heterocycles. The number of hydrogen-bond donors (Lipinski definition) is 1. The molecular weight excluding hydrogens is 194 g/mol. The summed E-state index contributed by atoms with van der Waals surface area (Å²) in [6.45, 7) is 9.10. The topological polar surface area (TPSA) is 12.0 Å². The Morgan fingerprint density at radius 3 is 2.62 bits per heavy atom. The monoisotopic (exact) mass is 217 g/mol. The first-order valence-corrected chi connectivity index (χ1v) is 6.33. The summed E-state index contributed by atoms with van der Waals surface area (Å²) in [6.07, 6.45) is 4.01. The lowest BCUT2D eigenvalue weighted by Gasteiger charge is -2.29. The molecule has 1 nitrogen and oxygen atoms in total. The van der Waals surface area contributed by atoms with E-state index in [1.807, 2.05) is 0 Å². The van der Waals surface area contributed by atoms with Crippen LogP contribution in [0.25, 0.3) is 0 Å². The highest BCUT2D eigenvalue weighted by Gasteiger charge is 2.34. The van der Waals surface area contributed by atoms with Crippen molar-refractivity contribution in [3.8, 4) is 0 Å². The highest BCUT2D eigenvalue weighted by atomic mass is 14.9. The van der Waals surface area contributed by atoms with Gasteiger partial charge in [-0.05, 0) is 49.3 Å². The Labute approximate surface area is 99.3 Å². The number of aryl methyl sites for hydroxylation is 2. The van der Waals surface area contributed by atoms with Crippen LogP contribution in [0.5, 0.6) is 0 Å². The van der Waals surface area contributed by atoms with E-state index in [9.17, 15) is 0 Å². The Morgan fingerprint density at radius 1 is 1.25 bits per heavy atom. The standard InChI is InChI=1S/C15H23N/c1-11-7-8-12(2)13(10-11)16-14-6-5-9-15(14,3)4/h7-8,10,14,16H,5-6,9H2,1-4H3. The summed E-state index contributed by atoms with van der Waals surface area (Å²) in [4.78, 5) is 0. The van der Waals surface area contributed by atoms with Crippen LogP contribution < -0.4 is 5.32 Å². The van der Waals surface area contributed by atoms with Crippen molar-refractivity contribution >= 4 is 5.69 Å². The maximum Gasteiger partial charge on any atom is 0.0374 e. The molecule has 0 aliphatic heterocycles. The molecule has 16 heavy (non-hydrogen) atoms. The van der Waals surface area contributed by atoms with E-state index in [-0.39, 0.29) is 0 Å². The zero-order valence-corrected chi connectivity index (χ0v) is 10.9. The van der Waals surface area contributed by atoms with E-state index in [0.717, 1.165) is 0 Å². The van der Waals surface area contributed by atoms with Crippen molar-refractivity contribution in [2.45, 2.75) is 53.0 Å². The number of benzene rings is 1. The fraction of sp³-hybridized carbons (Fsp3) is 0.600. The van der Waals surface area contributed by atoms with Gasteiger partial charge in [-0.3, -0.25) is 0 Å². The fourth-order valence-corrected chi connectivity index (χ4v) is 2.67. The maximum atomic E-state index is 3.74. The highest BCUT2D eigenvalue weighted by molar-refractivity contribution is 5.53. The van der Waals surface area contributed by atoms with Gasteiger partial charge in [-0.2, -0.15) is 0 Å². The number of rotatable bonds is 2. The van der Waals surface area contributed by atoms with E-state index in [2.05, 4.69) is 51.2 Å². The summed E-state index contributed by atoms with van der Waals surface area (Å²) in [5, 5.41) is 3.74. The molecule has 1 aromatic rings. The van der Waals surface area contributed by atoms with Crippen molar-refractivity contribution in [3.05, 3.63) is 29.3 Å². The van der Waals surface area contributed by atoms with Crippen molar-refractivity contribution in [1.82, 2.24) is 0 Å². The van der Waals surface area contributed by atoms with Gasteiger partial charge < -0.3 is 5.32 Å². The first-order chi connectivity index (χ1) is 7.49. The van der Waals surface area contributed by atoms with Gasteiger partial charge in [-0.25, -0.2) is 0 Å². The van der Waals surface area contributed by atoms with Crippen molar-refractivity contribution in [2.24, 2.45) is 5.41 Å². The molecule has 0 amide bonds. The number of nitrogens with one attached hydrogen (secondary N) is 1. The van der Waals surface area contributed by atoms with Crippen LogP contribution >= 0.6 is 0 Å². The normalized spacial score (nSPS) is 23.4. The van der Waals surface area contributed by atoms with Crippen LogP contribution in [0.2, 0.25) is 0 Å². The summed E-state index contributed by atoms with van der Waals surface area (Å²) in [7, 11) is 0. The molecule has 1 heteroatoms. The Balaban J connectivity index is 2.17. The van der Waals surface area contributed by atoms with Crippen LogP contribution in [-0.4, -0.2) is 6.04 Å². The minimum absolute atomic E-state index is 0.441. The highest BCUT2D eigenvalue weighted by Crippen LogP contribution is 2.39. The SMILES string of the molecule is Cc1ccc(C)c(NC2CCCC2(C)C)c1. The molecule has 1 unspecified atom stereocenters. The summed E-state index contributed by atoms with van der Waals surface area (Å²) in [6, 6.07) is 7.29. The van der Waals surface area contributed by atoms with E-state index in [1.165, 1.54) is 36.1 Å². The summed E-state index contributed by atoms with van der Waals surface area (Å²) in [5.41, 5.74) is 4.45. The Hall–Kier alpha value is -0.980. The zero-order valence-electron chi connectivity index (χ0n) is 10.9. The second kappa shape index (κ2) is 4.12. The van der Waals surface area contributed by atoms with Gasteiger partial charge in [-0.1, -0.05) is 32.4 Å². The minimum Gasteiger partial charge on any atom is -0.382 e. The van der Waals surface area contributed by atoms with E-state index < -0.39 is 0 Å². The van der Waals surface area contributed by atoms with Crippen molar-refractivity contribution in [1.29, 1.82) is 0 Å². The predicted molar refractivity (Wildman–Crippen MR) is 71.0 cm³/mol. The van der Waals surface area contributed by atoms with Gasteiger partial charge in [-0.15, -0.1) is 0 Å². The molecule has 0 saturated heterocycles. The smallest absolute Gasteiger partial charge is 0.0374 e. The summed E-state index contributed by atoms with van der Waals surface area (Å²) < 4.78 is 0. The van der Waals surface area contributed by atoms with Gasteiger partial charge in [0.05, 0.1) is 0 Å². The van der Waals surface area contributed by atoms with Crippen LogP contribution in [0.15, 0.2) is 18.2 Å². The van der Waals surface area contributed by atoms with Gasteiger partial charge >= 0.3 is 0 Å². The molecule has 1 saturated carbocycles. The Kier molecular flexibility index (Phi) is 2.96. The molecule has 1 N–H and O–H groups in total. The largest absolute Gasteiger partial charge is 0.382 e. The second-order valence-electron chi connectivity index (χ2n) is 5.90. The molecule has 88 valence electrons. The zero-order chi connectivity index (χ0) is 11.8. The molecule has 1 aliphatic rings. The second-order valence-corrected chi connectivity index (χ2v) is 5.90.